The van der Waals surface area contributed by atoms with Crippen molar-refractivity contribution < 1.29 is 0 Å². The van der Waals surface area contributed by atoms with E-state index in [1.54, 1.807) is 0 Å². The average Bonchev–Trinajstić information content (AvgIpc) is 2.77. The molecule has 2 nitrogen and oxygen atoms in total. The van der Waals surface area contributed by atoms with Gasteiger partial charge in [0.2, 0.25) is 0 Å². The van der Waals surface area contributed by atoms with Crippen LogP contribution in [0.25, 0.3) is 0 Å². The van der Waals surface area contributed by atoms with E-state index in [2.05, 4.69) is 11.1 Å². The Bertz CT molecular complexity index is 222. The standard InChI is InChI=1S/C10H16N2/c11-10(8-3-1-2-4-8)9-5-6-12-7-9/h5-8,10,12H,1-4,11H2. The highest BCUT2D eigenvalue weighted by Crippen LogP contribution is 2.33. The van der Waals surface area contributed by atoms with Gasteiger partial charge < -0.3 is 10.7 Å². The number of hydrogen-bond acceptors (Lipinski definition) is 1. The van der Waals surface area contributed by atoms with Crippen LogP contribution in [-0.4, -0.2) is 4.98 Å². The molecule has 1 atom stereocenters. The second-order valence-corrected chi connectivity index (χ2v) is 3.71. The maximum Gasteiger partial charge on any atom is 0.0338 e. The maximum absolute atomic E-state index is 6.12. The molecular formula is C10H16N2. The van der Waals surface area contributed by atoms with Crippen LogP contribution in [0.4, 0.5) is 0 Å². The van der Waals surface area contributed by atoms with Crippen molar-refractivity contribution in [3.8, 4) is 0 Å². The van der Waals surface area contributed by atoms with Gasteiger partial charge in [-0.3, -0.25) is 0 Å². The molecule has 2 rings (SSSR count). The molecule has 0 radical (unpaired) electrons. The molecule has 1 heterocycles. The lowest BCUT2D eigenvalue weighted by molar-refractivity contribution is 0.445. The number of hydrogen-bond donors (Lipinski definition) is 2. The fraction of sp³-hybridized carbons (Fsp3) is 0.600. The quantitative estimate of drug-likeness (QED) is 0.691. The molecule has 12 heavy (non-hydrogen) atoms. The lowest BCUT2D eigenvalue weighted by Gasteiger charge is -2.17. The predicted octanol–water partition coefficient (Wildman–Crippen LogP) is 2.20. The molecule has 1 aliphatic rings. The van der Waals surface area contributed by atoms with Crippen LogP contribution in [-0.2, 0) is 0 Å². The van der Waals surface area contributed by atoms with E-state index in [-0.39, 0.29) is 6.04 Å². The summed E-state index contributed by atoms with van der Waals surface area (Å²) in [6.07, 6.45) is 9.32. The minimum absolute atomic E-state index is 0.263. The van der Waals surface area contributed by atoms with E-state index >= 15 is 0 Å². The smallest absolute Gasteiger partial charge is 0.0338 e. The molecular weight excluding hydrogens is 148 g/mol. The molecule has 66 valence electrons. The molecule has 0 aliphatic heterocycles. The monoisotopic (exact) mass is 164 g/mol. The molecule has 0 saturated heterocycles. The minimum Gasteiger partial charge on any atom is -0.367 e. The summed E-state index contributed by atoms with van der Waals surface area (Å²) >= 11 is 0. The highest BCUT2D eigenvalue weighted by Gasteiger charge is 2.22. The number of aromatic nitrogens is 1. The first kappa shape index (κ1) is 7.87. The third kappa shape index (κ3) is 1.39. The second kappa shape index (κ2) is 3.31. The molecule has 0 spiro atoms. The van der Waals surface area contributed by atoms with Gasteiger partial charge in [-0.15, -0.1) is 0 Å². The van der Waals surface area contributed by atoms with Crippen LogP contribution in [0.5, 0.6) is 0 Å². The van der Waals surface area contributed by atoms with E-state index in [4.69, 9.17) is 5.73 Å². The normalized spacial score (nSPS) is 21.4. The van der Waals surface area contributed by atoms with Crippen LogP contribution >= 0.6 is 0 Å². The average molecular weight is 164 g/mol. The molecule has 0 bridgehead atoms. The molecule has 1 unspecified atom stereocenters. The minimum atomic E-state index is 0.263. The van der Waals surface area contributed by atoms with Gasteiger partial charge in [-0.05, 0) is 30.4 Å². The predicted molar refractivity (Wildman–Crippen MR) is 49.7 cm³/mol. The zero-order valence-corrected chi connectivity index (χ0v) is 7.29. The summed E-state index contributed by atoms with van der Waals surface area (Å²) in [7, 11) is 0. The van der Waals surface area contributed by atoms with Crippen LogP contribution in [0.1, 0.15) is 37.3 Å². The lowest BCUT2D eigenvalue weighted by atomic mass is 9.94. The Kier molecular flexibility index (Phi) is 2.17. The Morgan fingerprint density at radius 1 is 1.42 bits per heavy atom. The lowest BCUT2D eigenvalue weighted by Crippen LogP contribution is -2.18. The maximum atomic E-state index is 6.12. The topological polar surface area (TPSA) is 41.8 Å². The van der Waals surface area contributed by atoms with Crippen molar-refractivity contribution in [2.45, 2.75) is 31.7 Å². The number of rotatable bonds is 2. The Balaban J connectivity index is 2.04. The third-order valence-electron chi connectivity index (χ3n) is 2.91. The van der Waals surface area contributed by atoms with Crippen molar-refractivity contribution >= 4 is 0 Å². The Morgan fingerprint density at radius 3 is 2.75 bits per heavy atom. The van der Waals surface area contributed by atoms with E-state index in [0.29, 0.717) is 0 Å². The fourth-order valence-electron chi connectivity index (χ4n) is 2.13. The van der Waals surface area contributed by atoms with Crippen LogP contribution in [0.2, 0.25) is 0 Å². The molecule has 0 amide bonds. The second-order valence-electron chi connectivity index (χ2n) is 3.71. The van der Waals surface area contributed by atoms with Gasteiger partial charge in [0.1, 0.15) is 0 Å². The molecule has 0 aromatic carbocycles. The van der Waals surface area contributed by atoms with Crippen molar-refractivity contribution in [3.05, 3.63) is 24.0 Å². The number of aromatic amines is 1. The van der Waals surface area contributed by atoms with Gasteiger partial charge in [0.15, 0.2) is 0 Å². The van der Waals surface area contributed by atoms with Crippen molar-refractivity contribution in [2.24, 2.45) is 11.7 Å². The van der Waals surface area contributed by atoms with E-state index in [9.17, 15) is 0 Å². The summed E-state index contributed by atoms with van der Waals surface area (Å²) in [4.78, 5) is 3.05. The molecule has 1 fully saturated rings. The number of nitrogens with one attached hydrogen (secondary N) is 1. The molecule has 1 aliphatic carbocycles. The first-order valence-corrected chi connectivity index (χ1v) is 4.76. The summed E-state index contributed by atoms with van der Waals surface area (Å²) in [6, 6.07) is 2.35. The Hall–Kier alpha value is -0.760. The first-order valence-electron chi connectivity index (χ1n) is 4.76. The van der Waals surface area contributed by atoms with Crippen LogP contribution in [0, 0.1) is 5.92 Å². The van der Waals surface area contributed by atoms with E-state index in [0.717, 1.165) is 5.92 Å². The highest BCUT2D eigenvalue weighted by atomic mass is 14.7. The largest absolute Gasteiger partial charge is 0.367 e. The number of H-pyrrole nitrogens is 1. The first-order chi connectivity index (χ1) is 5.88. The van der Waals surface area contributed by atoms with Gasteiger partial charge in [-0.25, -0.2) is 0 Å². The SMILES string of the molecule is NC(c1cc[nH]c1)C1CCCC1. The molecule has 3 N–H and O–H groups in total. The van der Waals surface area contributed by atoms with E-state index in [1.165, 1.54) is 31.2 Å². The number of nitrogens with two attached hydrogens (primary N) is 1. The van der Waals surface area contributed by atoms with Gasteiger partial charge in [0, 0.05) is 18.4 Å². The zero-order valence-electron chi connectivity index (χ0n) is 7.29. The molecule has 1 aromatic rings. The molecule has 1 aromatic heterocycles. The van der Waals surface area contributed by atoms with Crippen molar-refractivity contribution in [1.82, 2.24) is 4.98 Å². The zero-order chi connectivity index (χ0) is 8.39. The summed E-state index contributed by atoms with van der Waals surface area (Å²) in [5.41, 5.74) is 7.39. The fourth-order valence-corrected chi connectivity index (χ4v) is 2.13. The molecule has 1 saturated carbocycles. The highest BCUT2D eigenvalue weighted by molar-refractivity contribution is 5.14. The van der Waals surface area contributed by atoms with Crippen molar-refractivity contribution in [1.29, 1.82) is 0 Å². The van der Waals surface area contributed by atoms with Gasteiger partial charge in [0.05, 0.1) is 0 Å². The summed E-state index contributed by atoms with van der Waals surface area (Å²) in [5.74, 6) is 0.723. The van der Waals surface area contributed by atoms with Crippen LogP contribution in [0.15, 0.2) is 18.5 Å². The summed E-state index contributed by atoms with van der Waals surface area (Å²) in [6.45, 7) is 0. The Morgan fingerprint density at radius 2 is 2.17 bits per heavy atom. The van der Waals surface area contributed by atoms with Crippen molar-refractivity contribution in [2.75, 3.05) is 0 Å². The van der Waals surface area contributed by atoms with E-state index < -0.39 is 0 Å². The van der Waals surface area contributed by atoms with Gasteiger partial charge in [-0.1, -0.05) is 12.8 Å². The van der Waals surface area contributed by atoms with Crippen molar-refractivity contribution in [3.63, 3.8) is 0 Å². The Labute approximate surface area is 73.2 Å². The van der Waals surface area contributed by atoms with Gasteiger partial charge in [0.25, 0.3) is 0 Å². The van der Waals surface area contributed by atoms with Crippen LogP contribution < -0.4 is 5.73 Å². The van der Waals surface area contributed by atoms with Gasteiger partial charge >= 0.3 is 0 Å². The summed E-state index contributed by atoms with van der Waals surface area (Å²) in [5, 5.41) is 0. The summed E-state index contributed by atoms with van der Waals surface area (Å²) < 4.78 is 0. The van der Waals surface area contributed by atoms with Gasteiger partial charge in [-0.2, -0.15) is 0 Å². The van der Waals surface area contributed by atoms with E-state index in [1.807, 2.05) is 12.4 Å². The third-order valence-corrected chi connectivity index (χ3v) is 2.91. The van der Waals surface area contributed by atoms with Crippen LogP contribution in [0.3, 0.4) is 0 Å². The molecule has 2 heteroatoms.